The second-order valence-corrected chi connectivity index (χ2v) is 7.28. The van der Waals surface area contributed by atoms with Gasteiger partial charge in [0.25, 0.3) is 5.91 Å². The molecule has 6 nitrogen and oxygen atoms in total. The number of ether oxygens (including phenoxy) is 2. The molecule has 4 heterocycles. The molecule has 0 spiro atoms. The number of carbonyl (C=O) groups is 1. The van der Waals surface area contributed by atoms with Crippen molar-refractivity contribution in [2.45, 2.75) is 31.4 Å². The Morgan fingerprint density at radius 2 is 1.84 bits per heavy atom. The lowest BCUT2D eigenvalue weighted by molar-refractivity contribution is -0.0174. The number of fused-ring (bicyclic) bond motifs is 1. The van der Waals surface area contributed by atoms with Gasteiger partial charge in [-0.3, -0.25) is 14.7 Å². The van der Waals surface area contributed by atoms with Crippen molar-refractivity contribution in [3.8, 4) is 0 Å². The van der Waals surface area contributed by atoms with Crippen LogP contribution in [0.3, 0.4) is 0 Å². The summed E-state index contributed by atoms with van der Waals surface area (Å²) < 4.78 is 11.7. The maximum absolute atomic E-state index is 12.7. The van der Waals surface area contributed by atoms with Crippen LogP contribution >= 0.6 is 0 Å². The molecule has 0 aliphatic carbocycles. The summed E-state index contributed by atoms with van der Waals surface area (Å²) >= 11 is 0. The Bertz CT molecular complexity index is 577. The van der Waals surface area contributed by atoms with Gasteiger partial charge in [0.05, 0.1) is 12.7 Å². The van der Waals surface area contributed by atoms with E-state index in [0.717, 1.165) is 58.7 Å². The first-order chi connectivity index (χ1) is 12.3. The van der Waals surface area contributed by atoms with Crippen molar-refractivity contribution in [2.75, 3.05) is 46.0 Å². The van der Waals surface area contributed by atoms with E-state index in [0.29, 0.717) is 24.1 Å². The molecule has 3 saturated heterocycles. The third kappa shape index (κ3) is 3.86. The van der Waals surface area contributed by atoms with E-state index in [1.165, 1.54) is 0 Å². The van der Waals surface area contributed by atoms with Crippen LogP contribution in [0.25, 0.3) is 0 Å². The molecule has 1 amide bonds. The highest BCUT2D eigenvalue weighted by atomic mass is 16.5. The summed E-state index contributed by atoms with van der Waals surface area (Å²) in [5, 5.41) is 0. The highest BCUT2D eigenvalue weighted by Crippen LogP contribution is 2.27. The maximum Gasteiger partial charge on any atom is 0.254 e. The van der Waals surface area contributed by atoms with E-state index in [4.69, 9.17) is 9.47 Å². The molecule has 0 aromatic carbocycles. The monoisotopic (exact) mass is 345 g/mol. The molecule has 136 valence electrons. The Balaban J connectivity index is 1.38. The quantitative estimate of drug-likeness (QED) is 0.811. The van der Waals surface area contributed by atoms with Gasteiger partial charge >= 0.3 is 0 Å². The number of piperidine rings is 1. The van der Waals surface area contributed by atoms with Crippen LogP contribution in [-0.2, 0) is 9.47 Å². The number of likely N-dealkylation sites (tertiary alicyclic amines) is 1. The van der Waals surface area contributed by atoms with Crippen LogP contribution in [0.15, 0.2) is 24.5 Å². The normalized spacial score (nSPS) is 29.0. The zero-order valence-electron chi connectivity index (χ0n) is 14.7. The van der Waals surface area contributed by atoms with Gasteiger partial charge in [-0.15, -0.1) is 0 Å². The van der Waals surface area contributed by atoms with Gasteiger partial charge in [-0.25, -0.2) is 0 Å². The van der Waals surface area contributed by atoms with Crippen LogP contribution in [-0.4, -0.2) is 78.8 Å². The lowest BCUT2D eigenvalue weighted by Gasteiger charge is -2.39. The molecule has 1 aromatic heterocycles. The van der Waals surface area contributed by atoms with Crippen LogP contribution < -0.4 is 0 Å². The fourth-order valence-electron chi connectivity index (χ4n) is 4.32. The molecule has 3 fully saturated rings. The lowest BCUT2D eigenvalue weighted by Crippen LogP contribution is -2.50. The Morgan fingerprint density at radius 3 is 2.64 bits per heavy atom. The Kier molecular flexibility index (Phi) is 5.29. The van der Waals surface area contributed by atoms with Gasteiger partial charge in [0.15, 0.2) is 0 Å². The minimum Gasteiger partial charge on any atom is -0.381 e. The number of aromatic nitrogens is 1. The maximum atomic E-state index is 12.7. The molecule has 0 N–H and O–H groups in total. The van der Waals surface area contributed by atoms with Crippen molar-refractivity contribution in [1.29, 1.82) is 0 Å². The molecule has 25 heavy (non-hydrogen) atoms. The molecule has 3 aliphatic heterocycles. The molecule has 1 aromatic rings. The fourth-order valence-corrected chi connectivity index (χ4v) is 4.32. The first-order valence-corrected chi connectivity index (χ1v) is 9.44. The van der Waals surface area contributed by atoms with E-state index in [2.05, 4.69) is 9.88 Å². The topological polar surface area (TPSA) is 54.9 Å². The number of hydrogen-bond acceptors (Lipinski definition) is 5. The molecule has 0 radical (unpaired) electrons. The van der Waals surface area contributed by atoms with Crippen molar-refractivity contribution < 1.29 is 14.3 Å². The average Bonchev–Trinajstić information content (AvgIpc) is 2.90. The molecular weight excluding hydrogens is 318 g/mol. The highest BCUT2D eigenvalue weighted by Gasteiger charge is 2.36. The number of amides is 1. The summed E-state index contributed by atoms with van der Waals surface area (Å²) in [4.78, 5) is 21.2. The second kappa shape index (κ2) is 7.81. The average molecular weight is 345 g/mol. The molecule has 0 saturated carbocycles. The molecule has 2 atom stereocenters. The fraction of sp³-hybridized carbons (Fsp3) is 0.684. The zero-order valence-corrected chi connectivity index (χ0v) is 14.7. The van der Waals surface area contributed by atoms with Crippen molar-refractivity contribution >= 4 is 5.91 Å². The van der Waals surface area contributed by atoms with E-state index >= 15 is 0 Å². The molecule has 3 aliphatic rings. The van der Waals surface area contributed by atoms with Crippen molar-refractivity contribution in [2.24, 2.45) is 5.92 Å². The van der Waals surface area contributed by atoms with Crippen LogP contribution in [0.1, 0.15) is 29.6 Å². The summed E-state index contributed by atoms with van der Waals surface area (Å²) in [6.45, 7) is 6.12. The largest absolute Gasteiger partial charge is 0.381 e. The number of hydrogen-bond donors (Lipinski definition) is 0. The molecule has 6 heteroatoms. The van der Waals surface area contributed by atoms with Crippen LogP contribution in [0.2, 0.25) is 0 Å². The Hall–Kier alpha value is -1.50. The third-order valence-corrected chi connectivity index (χ3v) is 5.80. The van der Waals surface area contributed by atoms with E-state index in [1.54, 1.807) is 24.5 Å². The predicted molar refractivity (Wildman–Crippen MR) is 93.4 cm³/mol. The summed E-state index contributed by atoms with van der Waals surface area (Å²) in [5.74, 6) is 0.613. The summed E-state index contributed by atoms with van der Waals surface area (Å²) in [5.41, 5.74) is 0.714. The number of pyridine rings is 1. The summed E-state index contributed by atoms with van der Waals surface area (Å²) in [7, 11) is 0. The van der Waals surface area contributed by atoms with Crippen LogP contribution in [0.4, 0.5) is 0 Å². The number of rotatable bonds is 2. The van der Waals surface area contributed by atoms with Gasteiger partial charge in [-0.2, -0.15) is 0 Å². The predicted octanol–water partition coefficient (Wildman–Crippen LogP) is 1.42. The van der Waals surface area contributed by atoms with Crippen molar-refractivity contribution in [3.63, 3.8) is 0 Å². The van der Waals surface area contributed by atoms with E-state index in [1.807, 2.05) is 4.90 Å². The van der Waals surface area contributed by atoms with Gasteiger partial charge in [-0.1, -0.05) is 0 Å². The van der Waals surface area contributed by atoms with Gasteiger partial charge in [0, 0.05) is 69.3 Å². The van der Waals surface area contributed by atoms with Gasteiger partial charge in [0.2, 0.25) is 0 Å². The van der Waals surface area contributed by atoms with E-state index in [-0.39, 0.29) is 12.0 Å². The Morgan fingerprint density at radius 1 is 1.04 bits per heavy atom. The van der Waals surface area contributed by atoms with Gasteiger partial charge < -0.3 is 14.4 Å². The standard InChI is InChI=1S/C19H27N3O3/c23-19(15-1-6-20-7-2-15)22-8-3-16-13-21(9-12-25-18(16)14-22)17-4-10-24-11-5-17/h1-2,6-7,16-18H,3-5,8-14H2/t16-,18-/m0/s1. The zero-order chi connectivity index (χ0) is 17.1. The SMILES string of the molecule is O=C(c1ccncc1)N1CC[C@H]2CN(C3CCOCC3)CCO[C@H]2C1. The van der Waals surface area contributed by atoms with E-state index < -0.39 is 0 Å². The van der Waals surface area contributed by atoms with Crippen molar-refractivity contribution in [3.05, 3.63) is 30.1 Å². The molecule has 0 bridgehead atoms. The molecule has 4 rings (SSSR count). The first-order valence-electron chi connectivity index (χ1n) is 9.44. The first kappa shape index (κ1) is 16.9. The lowest BCUT2D eigenvalue weighted by atomic mass is 9.92. The minimum absolute atomic E-state index is 0.0926. The van der Waals surface area contributed by atoms with Gasteiger partial charge in [0.1, 0.15) is 0 Å². The summed E-state index contributed by atoms with van der Waals surface area (Å²) in [6.07, 6.45) is 6.78. The van der Waals surface area contributed by atoms with Gasteiger partial charge in [-0.05, 0) is 31.4 Å². The van der Waals surface area contributed by atoms with Crippen molar-refractivity contribution in [1.82, 2.24) is 14.8 Å². The number of carbonyl (C=O) groups excluding carboxylic acids is 1. The smallest absolute Gasteiger partial charge is 0.254 e. The third-order valence-electron chi connectivity index (χ3n) is 5.80. The van der Waals surface area contributed by atoms with E-state index in [9.17, 15) is 4.79 Å². The van der Waals surface area contributed by atoms with Crippen LogP contribution in [0.5, 0.6) is 0 Å². The number of nitrogens with zero attached hydrogens (tertiary/aromatic N) is 3. The molecular formula is C19H27N3O3. The Labute approximate surface area is 149 Å². The highest BCUT2D eigenvalue weighted by molar-refractivity contribution is 5.94. The summed E-state index contributed by atoms with van der Waals surface area (Å²) in [6, 6.07) is 4.21. The van der Waals surface area contributed by atoms with Crippen LogP contribution in [0, 0.1) is 5.92 Å². The molecule has 0 unspecified atom stereocenters. The minimum atomic E-state index is 0.0926. The second-order valence-electron chi connectivity index (χ2n) is 7.28.